The van der Waals surface area contributed by atoms with E-state index in [-0.39, 0.29) is 16.7 Å². The number of thioether (sulfide) groups is 1. The van der Waals surface area contributed by atoms with Gasteiger partial charge in [-0.25, -0.2) is 14.1 Å². The maximum absolute atomic E-state index is 13.1. The highest BCUT2D eigenvalue weighted by atomic mass is 35.5. The Balaban J connectivity index is 1.44. The van der Waals surface area contributed by atoms with Crippen molar-refractivity contribution in [2.24, 2.45) is 0 Å². The monoisotopic (exact) mass is 402 g/mol. The highest BCUT2D eigenvalue weighted by molar-refractivity contribution is 7.99. The van der Waals surface area contributed by atoms with Crippen LogP contribution in [0.2, 0.25) is 5.02 Å². The number of hydrogen-bond acceptors (Lipinski definition) is 4. The molecule has 1 aliphatic carbocycles. The third kappa shape index (κ3) is 4.31. The fourth-order valence-corrected chi connectivity index (χ4v) is 3.48. The summed E-state index contributed by atoms with van der Waals surface area (Å²) in [5.74, 6) is 0.800. The van der Waals surface area contributed by atoms with Crippen LogP contribution >= 0.6 is 23.4 Å². The van der Waals surface area contributed by atoms with E-state index in [1.807, 2.05) is 35.0 Å². The van der Waals surface area contributed by atoms with E-state index in [9.17, 15) is 9.18 Å². The van der Waals surface area contributed by atoms with E-state index in [1.165, 1.54) is 23.9 Å². The van der Waals surface area contributed by atoms with Crippen LogP contribution in [-0.2, 0) is 4.79 Å². The number of benzene rings is 2. The van der Waals surface area contributed by atoms with Crippen molar-refractivity contribution in [1.82, 2.24) is 14.8 Å². The summed E-state index contributed by atoms with van der Waals surface area (Å²) in [6.45, 7) is 0. The first-order valence-corrected chi connectivity index (χ1v) is 9.86. The molecule has 138 valence electrons. The Bertz CT molecular complexity index is 975. The van der Waals surface area contributed by atoms with Gasteiger partial charge in [-0.15, -0.1) is 5.10 Å². The van der Waals surface area contributed by atoms with Crippen molar-refractivity contribution >= 4 is 35.0 Å². The predicted molar refractivity (Wildman–Crippen MR) is 104 cm³/mol. The third-order valence-electron chi connectivity index (χ3n) is 4.09. The Labute approximate surface area is 164 Å². The zero-order valence-electron chi connectivity index (χ0n) is 14.2. The summed E-state index contributed by atoms with van der Waals surface area (Å²) in [7, 11) is 0. The number of nitrogens with one attached hydrogen (secondary N) is 1. The molecule has 1 saturated carbocycles. The average molecular weight is 403 g/mol. The third-order valence-corrected chi connectivity index (χ3v) is 5.24. The molecule has 1 aliphatic rings. The van der Waals surface area contributed by atoms with Crippen LogP contribution in [0.15, 0.2) is 53.7 Å². The van der Waals surface area contributed by atoms with Gasteiger partial charge in [0.25, 0.3) is 0 Å². The van der Waals surface area contributed by atoms with Gasteiger partial charge < -0.3 is 5.32 Å². The van der Waals surface area contributed by atoms with Gasteiger partial charge in [0.15, 0.2) is 0 Å². The first-order chi connectivity index (χ1) is 13.1. The van der Waals surface area contributed by atoms with Crippen molar-refractivity contribution in [2.75, 3.05) is 11.1 Å². The Hall–Kier alpha value is -2.38. The molecule has 1 heterocycles. The van der Waals surface area contributed by atoms with E-state index in [0.717, 1.165) is 30.4 Å². The van der Waals surface area contributed by atoms with Gasteiger partial charge in [-0.05, 0) is 43.2 Å². The van der Waals surface area contributed by atoms with Gasteiger partial charge in [0, 0.05) is 5.92 Å². The quantitative estimate of drug-likeness (QED) is 0.609. The number of anilines is 1. The fourth-order valence-electron chi connectivity index (χ4n) is 2.64. The van der Waals surface area contributed by atoms with Crippen LogP contribution in [-0.4, -0.2) is 26.4 Å². The molecule has 3 aromatic rings. The van der Waals surface area contributed by atoms with Crippen LogP contribution in [0.5, 0.6) is 0 Å². The van der Waals surface area contributed by atoms with Gasteiger partial charge in [-0.2, -0.15) is 0 Å². The summed E-state index contributed by atoms with van der Waals surface area (Å²) >= 11 is 7.19. The zero-order chi connectivity index (χ0) is 18.8. The van der Waals surface area contributed by atoms with Gasteiger partial charge in [-0.3, -0.25) is 4.79 Å². The summed E-state index contributed by atoms with van der Waals surface area (Å²) in [4.78, 5) is 16.8. The molecule has 4 rings (SSSR count). The second-order valence-corrected chi connectivity index (χ2v) is 7.58. The summed E-state index contributed by atoms with van der Waals surface area (Å²) in [6.07, 6.45) is 2.22. The highest BCUT2D eigenvalue weighted by Crippen LogP contribution is 2.40. The maximum Gasteiger partial charge on any atom is 0.234 e. The Morgan fingerprint density at radius 3 is 2.74 bits per heavy atom. The standard InChI is InChI=1S/C19H16ClFN4OS/c20-15-10-13(21)8-9-16(15)22-17(26)11-27-19-23-18(12-6-7-12)25(24-19)14-4-2-1-3-5-14/h1-5,8-10,12H,6-7,11H2,(H,22,26). The molecule has 1 N–H and O–H groups in total. The minimum atomic E-state index is -0.448. The molecule has 0 aliphatic heterocycles. The predicted octanol–water partition coefficient (Wildman–Crippen LogP) is 4.67. The Morgan fingerprint density at radius 2 is 2.04 bits per heavy atom. The fraction of sp³-hybridized carbons (Fsp3) is 0.211. The molecule has 0 spiro atoms. The highest BCUT2D eigenvalue weighted by Gasteiger charge is 2.30. The van der Waals surface area contributed by atoms with Crippen LogP contribution < -0.4 is 5.32 Å². The molecular weight excluding hydrogens is 387 g/mol. The lowest BCUT2D eigenvalue weighted by Crippen LogP contribution is -2.14. The molecule has 0 unspecified atom stereocenters. The molecule has 0 radical (unpaired) electrons. The number of aromatic nitrogens is 3. The summed E-state index contributed by atoms with van der Waals surface area (Å²) in [5, 5.41) is 7.96. The molecule has 0 atom stereocenters. The van der Waals surface area contributed by atoms with E-state index >= 15 is 0 Å². The molecule has 27 heavy (non-hydrogen) atoms. The van der Waals surface area contributed by atoms with Crippen LogP contribution in [0.1, 0.15) is 24.6 Å². The molecule has 1 fully saturated rings. The first-order valence-electron chi connectivity index (χ1n) is 8.50. The molecule has 5 nitrogen and oxygen atoms in total. The van der Waals surface area contributed by atoms with Crippen LogP contribution in [0.25, 0.3) is 5.69 Å². The molecular formula is C19H16ClFN4OS. The van der Waals surface area contributed by atoms with E-state index in [0.29, 0.717) is 16.8 Å². The van der Waals surface area contributed by atoms with Crippen molar-refractivity contribution < 1.29 is 9.18 Å². The van der Waals surface area contributed by atoms with Gasteiger partial charge in [-0.1, -0.05) is 41.6 Å². The molecule has 1 aromatic heterocycles. The number of rotatable bonds is 6. The largest absolute Gasteiger partial charge is 0.324 e. The first kappa shape index (κ1) is 18.0. The van der Waals surface area contributed by atoms with Crippen molar-refractivity contribution in [3.63, 3.8) is 0 Å². The summed E-state index contributed by atoms with van der Waals surface area (Å²) in [6, 6.07) is 13.7. The molecule has 8 heteroatoms. The smallest absolute Gasteiger partial charge is 0.234 e. The molecule has 0 bridgehead atoms. The van der Waals surface area contributed by atoms with E-state index < -0.39 is 5.82 Å². The van der Waals surface area contributed by atoms with Gasteiger partial charge in [0.2, 0.25) is 11.1 Å². The number of carbonyl (C=O) groups excluding carboxylic acids is 1. The minimum Gasteiger partial charge on any atom is -0.324 e. The van der Waals surface area contributed by atoms with Gasteiger partial charge in [0.05, 0.1) is 22.2 Å². The number of nitrogens with zero attached hydrogens (tertiary/aromatic N) is 3. The summed E-state index contributed by atoms with van der Waals surface area (Å²) in [5.41, 5.74) is 1.34. The normalized spacial score (nSPS) is 13.6. The number of carbonyl (C=O) groups is 1. The number of hydrogen-bond donors (Lipinski definition) is 1. The van der Waals surface area contributed by atoms with Crippen molar-refractivity contribution in [2.45, 2.75) is 23.9 Å². The molecule has 0 saturated heterocycles. The number of amides is 1. The number of halogens is 2. The van der Waals surface area contributed by atoms with E-state index in [1.54, 1.807) is 0 Å². The Kier molecular flexibility index (Phi) is 5.13. The lowest BCUT2D eigenvalue weighted by molar-refractivity contribution is -0.113. The second kappa shape index (κ2) is 7.70. The second-order valence-electron chi connectivity index (χ2n) is 6.24. The lowest BCUT2D eigenvalue weighted by atomic mass is 10.3. The minimum absolute atomic E-state index is 0.136. The van der Waals surface area contributed by atoms with E-state index in [2.05, 4.69) is 15.4 Å². The van der Waals surface area contributed by atoms with Crippen LogP contribution in [0.3, 0.4) is 0 Å². The van der Waals surface area contributed by atoms with Gasteiger partial charge >= 0.3 is 0 Å². The van der Waals surface area contributed by atoms with E-state index in [4.69, 9.17) is 11.6 Å². The lowest BCUT2D eigenvalue weighted by Gasteiger charge is -2.06. The topological polar surface area (TPSA) is 59.8 Å². The number of para-hydroxylation sites is 1. The van der Waals surface area contributed by atoms with Crippen LogP contribution in [0, 0.1) is 5.82 Å². The average Bonchev–Trinajstić information content (AvgIpc) is 3.42. The molecule has 2 aromatic carbocycles. The van der Waals surface area contributed by atoms with Crippen molar-refractivity contribution in [3.8, 4) is 5.69 Å². The van der Waals surface area contributed by atoms with Crippen molar-refractivity contribution in [1.29, 1.82) is 0 Å². The molecule has 1 amide bonds. The SMILES string of the molecule is O=C(CSc1nc(C2CC2)n(-c2ccccc2)n1)Nc1ccc(F)cc1Cl. The van der Waals surface area contributed by atoms with Crippen LogP contribution in [0.4, 0.5) is 10.1 Å². The zero-order valence-corrected chi connectivity index (χ0v) is 15.8. The summed E-state index contributed by atoms with van der Waals surface area (Å²) < 4.78 is 14.9. The van der Waals surface area contributed by atoms with Gasteiger partial charge in [0.1, 0.15) is 11.6 Å². The Morgan fingerprint density at radius 1 is 1.26 bits per heavy atom. The maximum atomic E-state index is 13.1. The van der Waals surface area contributed by atoms with Crippen molar-refractivity contribution in [3.05, 3.63) is 65.2 Å².